The average molecular weight is 292 g/mol. The van der Waals surface area contributed by atoms with Gasteiger partial charge < -0.3 is 9.73 Å². The summed E-state index contributed by atoms with van der Waals surface area (Å²) in [6, 6.07) is 5.67. The maximum Gasteiger partial charge on any atom is 0.338 e. The van der Waals surface area contributed by atoms with Crippen LogP contribution < -0.4 is 10.9 Å². The monoisotopic (exact) mass is 291 g/mol. The summed E-state index contributed by atoms with van der Waals surface area (Å²) in [5.74, 6) is 0. The molecule has 0 amide bonds. The first-order valence-corrected chi connectivity index (χ1v) is 7.52. The SMILES string of the molecule is Cc1cc2oc(=O)cc(NC3CCCCC3)c2cc1Cl. The first kappa shape index (κ1) is 13.5. The van der Waals surface area contributed by atoms with Gasteiger partial charge in [-0.05, 0) is 37.5 Å². The minimum Gasteiger partial charge on any atom is -0.423 e. The highest BCUT2D eigenvalue weighted by molar-refractivity contribution is 6.32. The number of fused-ring (bicyclic) bond motifs is 1. The summed E-state index contributed by atoms with van der Waals surface area (Å²) in [5, 5.41) is 5.07. The molecule has 2 aromatic rings. The van der Waals surface area contributed by atoms with Gasteiger partial charge in [0.2, 0.25) is 0 Å². The Labute approximate surface area is 122 Å². The zero-order valence-electron chi connectivity index (χ0n) is 11.5. The van der Waals surface area contributed by atoms with Crippen LogP contribution in [0.3, 0.4) is 0 Å². The van der Waals surface area contributed by atoms with Crippen LogP contribution in [0.2, 0.25) is 5.02 Å². The lowest BCUT2D eigenvalue weighted by molar-refractivity contribution is 0.462. The molecule has 106 valence electrons. The highest BCUT2D eigenvalue weighted by Crippen LogP contribution is 2.30. The molecule has 0 aliphatic heterocycles. The number of halogens is 1. The van der Waals surface area contributed by atoms with Crippen LogP contribution in [0.4, 0.5) is 5.69 Å². The Hall–Kier alpha value is -1.48. The maximum atomic E-state index is 11.7. The lowest BCUT2D eigenvalue weighted by atomic mass is 9.95. The van der Waals surface area contributed by atoms with E-state index < -0.39 is 0 Å². The third-order valence-corrected chi connectivity index (χ3v) is 4.40. The maximum absolute atomic E-state index is 11.7. The lowest BCUT2D eigenvalue weighted by Gasteiger charge is -2.24. The largest absolute Gasteiger partial charge is 0.423 e. The fraction of sp³-hybridized carbons (Fsp3) is 0.438. The van der Waals surface area contributed by atoms with Crippen molar-refractivity contribution in [3.8, 4) is 0 Å². The minimum atomic E-state index is -0.322. The van der Waals surface area contributed by atoms with Gasteiger partial charge in [0.05, 0.1) is 5.69 Å². The third-order valence-electron chi connectivity index (χ3n) is 3.99. The van der Waals surface area contributed by atoms with Crippen LogP contribution in [0.25, 0.3) is 11.0 Å². The summed E-state index contributed by atoms with van der Waals surface area (Å²) in [7, 11) is 0. The molecule has 1 aliphatic rings. The average Bonchev–Trinajstić information content (AvgIpc) is 2.42. The van der Waals surface area contributed by atoms with Crippen molar-refractivity contribution in [1.82, 2.24) is 0 Å². The Morgan fingerprint density at radius 1 is 1.20 bits per heavy atom. The molecular formula is C16H18ClNO2. The fourth-order valence-corrected chi connectivity index (χ4v) is 3.03. The fourth-order valence-electron chi connectivity index (χ4n) is 2.87. The minimum absolute atomic E-state index is 0.322. The van der Waals surface area contributed by atoms with Crippen LogP contribution >= 0.6 is 11.6 Å². The molecule has 1 heterocycles. The molecule has 20 heavy (non-hydrogen) atoms. The van der Waals surface area contributed by atoms with E-state index in [4.69, 9.17) is 16.0 Å². The first-order valence-electron chi connectivity index (χ1n) is 7.14. The number of aryl methyl sites for hydroxylation is 1. The van der Waals surface area contributed by atoms with Crippen molar-refractivity contribution in [3.63, 3.8) is 0 Å². The molecule has 0 unspecified atom stereocenters. The summed E-state index contributed by atoms with van der Waals surface area (Å²) in [6.07, 6.45) is 6.11. The standard InChI is InChI=1S/C16H18ClNO2/c1-10-7-15-12(8-13(10)17)14(9-16(19)20-15)18-11-5-3-2-4-6-11/h7-9,11,18H,2-6H2,1H3. The van der Waals surface area contributed by atoms with Gasteiger partial charge in [-0.25, -0.2) is 4.79 Å². The Morgan fingerprint density at radius 2 is 1.95 bits per heavy atom. The molecule has 0 spiro atoms. The van der Waals surface area contributed by atoms with Gasteiger partial charge in [0.1, 0.15) is 5.58 Å². The van der Waals surface area contributed by atoms with E-state index in [0.717, 1.165) is 29.5 Å². The van der Waals surface area contributed by atoms with Crippen molar-refractivity contribution in [2.75, 3.05) is 5.32 Å². The van der Waals surface area contributed by atoms with Crippen molar-refractivity contribution in [2.24, 2.45) is 0 Å². The van der Waals surface area contributed by atoms with Gasteiger partial charge in [0.25, 0.3) is 0 Å². The number of rotatable bonds is 2. The lowest BCUT2D eigenvalue weighted by Crippen LogP contribution is -2.23. The molecule has 0 radical (unpaired) electrons. The van der Waals surface area contributed by atoms with Crippen LogP contribution in [0.5, 0.6) is 0 Å². The van der Waals surface area contributed by atoms with Crippen molar-refractivity contribution in [2.45, 2.75) is 45.1 Å². The molecule has 3 nitrogen and oxygen atoms in total. The molecule has 4 heteroatoms. The van der Waals surface area contributed by atoms with Gasteiger partial charge in [0, 0.05) is 22.5 Å². The molecule has 1 aliphatic carbocycles. The molecule has 3 rings (SSSR count). The van der Waals surface area contributed by atoms with Crippen molar-refractivity contribution in [1.29, 1.82) is 0 Å². The van der Waals surface area contributed by atoms with E-state index in [0.29, 0.717) is 16.6 Å². The number of anilines is 1. The predicted octanol–water partition coefficient (Wildman–Crippen LogP) is 4.50. The third kappa shape index (κ3) is 2.68. The van der Waals surface area contributed by atoms with Gasteiger partial charge in [-0.15, -0.1) is 0 Å². The highest BCUT2D eigenvalue weighted by atomic mass is 35.5. The Bertz CT molecular complexity index is 687. The molecule has 1 aromatic heterocycles. The molecule has 1 N–H and O–H groups in total. The molecule has 1 fully saturated rings. The molecule has 0 saturated heterocycles. The first-order chi connectivity index (χ1) is 9.63. The van der Waals surface area contributed by atoms with E-state index in [2.05, 4.69) is 5.32 Å². The summed E-state index contributed by atoms with van der Waals surface area (Å²) in [5.41, 5.74) is 2.03. The van der Waals surface area contributed by atoms with Crippen LogP contribution in [0.1, 0.15) is 37.7 Å². The van der Waals surface area contributed by atoms with E-state index in [9.17, 15) is 4.79 Å². The van der Waals surface area contributed by atoms with E-state index in [1.165, 1.54) is 25.3 Å². The van der Waals surface area contributed by atoms with Gasteiger partial charge in [-0.2, -0.15) is 0 Å². The van der Waals surface area contributed by atoms with Crippen LogP contribution in [0, 0.1) is 6.92 Å². The smallest absolute Gasteiger partial charge is 0.338 e. The van der Waals surface area contributed by atoms with Crippen molar-refractivity contribution >= 4 is 28.3 Å². The van der Waals surface area contributed by atoms with Gasteiger partial charge in [-0.1, -0.05) is 30.9 Å². The zero-order valence-corrected chi connectivity index (χ0v) is 12.3. The Balaban J connectivity index is 2.04. The normalized spacial score (nSPS) is 16.5. The molecule has 1 aromatic carbocycles. The second-order valence-corrected chi connectivity index (χ2v) is 5.96. The number of nitrogens with one attached hydrogen (secondary N) is 1. The van der Waals surface area contributed by atoms with Crippen LogP contribution in [-0.2, 0) is 0 Å². The number of hydrogen-bond acceptors (Lipinski definition) is 3. The van der Waals surface area contributed by atoms with Crippen molar-refractivity contribution < 1.29 is 4.42 Å². The van der Waals surface area contributed by atoms with E-state index in [-0.39, 0.29) is 5.63 Å². The van der Waals surface area contributed by atoms with E-state index in [1.807, 2.05) is 19.1 Å². The number of benzene rings is 1. The quantitative estimate of drug-likeness (QED) is 0.828. The summed E-state index contributed by atoms with van der Waals surface area (Å²) >= 11 is 6.19. The van der Waals surface area contributed by atoms with Crippen molar-refractivity contribution in [3.05, 3.63) is 39.2 Å². The topological polar surface area (TPSA) is 42.2 Å². The van der Waals surface area contributed by atoms with Gasteiger partial charge in [-0.3, -0.25) is 0 Å². The van der Waals surface area contributed by atoms with Crippen LogP contribution in [0.15, 0.2) is 27.4 Å². The summed E-state index contributed by atoms with van der Waals surface area (Å²) in [6.45, 7) is 1.91. The Morgan fingerprint density at radius 3 is 2.70 bits per heavy atom. The zero-order chi connectivity index (χ0) is 14.1. The van der Waals surface area contributed by atoms with Crippen LogP contribution in [-0.4, -0.2) is 6.04 Å². The highest BCUT2D eigenvalue weighted by Gasteiger charge is 2.15. The number of hydrogen-bond donors (Lipinski definition) is 1. The van der Waals surface area contributed by atoms with E-state index >= 15 is 0 Å². The summed E-state index contributed by atoms with van der Waals surface area (Å²) in [4.78, 5) is 11.7. The van der Waals surface area contributed by atoms with E-state index in [1.54, 1.807) is 0 Å². The van der Waals surface area contributed by atoms with Gasteiger partial charge in [0.15, 0.2) is 0 Å². The molecule has 0 atom stereocenters. The molecule has 0 bridgehead atoms. The second-order valence-electron chi connectivity index (χ2n) is 5.56. The van der Waals surface area contributed by atoms with Gasteiger partial charge >= 0.3 is 5.63 Å². The summed E-state index contributed by atoms with van der Waals surface area (Å²) < 4.78 is 5.27. The Kier molecular flexibility index (Phi) is 3.70. The molecular weight excluding hydrogens is 274 g/mol. The molecule has 1 saturated carbocycles. The predicted molar refractivity (Wildman–Crippen MR) is 82.7 cm³/mol. The second kappa shape index (κ2) is 5.49.